The van der Waals surface area contributed by atoms with Crippen molar-refractivity contribution < 1.29 is 19.1 Å². The molecule has 0 aromatic heterocycles. The number of methoxy groups -OCH3 is 2. The lowest BCUT2D eigenvalue weighted by molar-refractivity contribution is -0.136. The van der Waals surface area contributed by atoms with Gasteiger partial charge in [-0.1, -0.05) is 48.5 Å². The van der Waals surface area contributed by atoms with Crippen LogP contribution in [-0.4, -0.2) is 26.1 Å². The zero-order chi connectivity index (χ0) is 19.2. The zero-order valence-corrected chi connectivity index (χ0v) is 15.1. The van der Waals surface area contributed by atoms with Gasteiger partial charge in [-0.05, 0) is 40.6 Å². The molecule has 1 amide bonds. The first-order valence-electron chi connectivity index (χ1n) is 8.35. The quantitative estimate of drug-likeness (QED) is 0.555. The summed E-state index contributed by atoms with van der Waals surface area (Å²) >= 11 is 0. The van der Waals surface area contributed by atoms with Crippen LogP contribution in [0.15, 0.2) is 72.4 Å². The monoisotopic (exact) mass is 361 g/mol. The third-order valence-electron chi connectivity index (χ3n) is 4.11. The Hall–Kier alpha value is -3.60. The molecule has 0 aliphatic heterocycles. The second kappa shape index (κ2) is 8.19. The maximum absolute atomic E-state index is 12.8. The number of hydrogen-bond donors (Lipinski definition) is 1. The molecule has 0 aliphatic rings. The van der Waals surface area contributed by atoms with Crippen molar-refractivity contribution in [2.24, 2.45) is 0 Å². The Morgan fingerprint density at radius 2 is 1.59 bits per heavy atom. The lowest BCUT2D eigenvalue weighted by atomic mass is 10.0. The molecule has 5 nitrogen and oxygen atoms in total. The van der Waals surface area contributed by atoms with Crippen LogP contribution in [-0.2, 0) is 9.53 Å². The molecule has 0 spiro atoms. The first-order valence-corrected chi connectivity index (χ1v) is 8.35. The summed E-state index contributed by atoms with van der Waals surface area (Å²) in [5.74, 6) is -0.303. The number of ether oxygens (including phenoxy) is 2. The van der Waals surface area contributed by atoms with Crippen LogP contribution >= 0.6 is 0 Å². The van der Waals surface area contributed by atoms with E-state index < -0.39 is 5.97 Å². The molecular formula is C22H19NO4. The van der Waals surface area contributed by atoms with Crippen molar-refractivity contribution in [2.75, 3.05) is 14.2 Å². The van der Waals surface area contributed by atoms with Gasteiger partial charge in [0.2, 0.25) is 0 Å². The average molecular weight is 361 g/mol. The van der Waals surface area contributed by atoms with Crippen LogP contribution in [0.3, 0.4) is 0 Å². The SMILES string of the molecule is COC(=O)/C(=C\c1ccc(OC)cc1)NC(=O)c1cccc2ccccc12. The van der Waals surface area contributed by atoms with Crippen molar-refractivity contribution in [3.8, 4) is 5.75 Å². The highest BCUT2D eigenvalue weighted by atomic mass is 16.5. The number of fused-ring (bicyclic) bond motifs is 1. The van der Waals surface area contributed by atoms with Gasteiger partial charge in [-0.3, -0.25) is 4.79 Å². The summed E-state index contributed by atoms with van der Waals surface area (Å²) < 4.78 is 9.93. The number of hydrogen-bond acceptors (Lipinski definition) is 4. The van der Waals surface area contributed by atoms with E-state index in [0.717, 1.165) is 16.3 Å². The molecule has 0 heterocycles. The van der Waals surface area contributed by atoms with Crippen molar-refractivity contribution in [2.45, 2.75) is 0 Å². The van der Waals surface area contributed by atoms with Crippen molar-refractivity contribution in [1.82, 2.24) is 5.32 Å². The van der Waals surface area contributed by atoms with Crippen LogP contribution in [0, 0.1) is 0 Å². The number of carbonyl (C=O) groups excluding carboxylic acids is 2. The number of amides is 1. The minimum Gasteiger partial charge on any atom is -0.497 e. The summed E-state index contributed by atoms with van der Waals surface area (Å²) in [5, 5.41) is 4.43. The van der Waals surface area contributed by atoms with Gasteiger partial charge in [0, 0.05) is 5.56 Å². The van der Waals surface area contributed by atoms with Gasteiger partial charge in [-0.2, -0.15) is 0 Å². The third-order valence-corrected chi connectivity index (χ3v) is 4.11. The molecule has 5 heteroatoms. The molecule has 136 valence electrons. The van der Waals surface area contributed by atoms with E-state index in [9.17, 15) is 9.59 Å². The van der Waals surface area contributed by atoms with Crippen molar-refractivity contribution in [1.29, 1.82) is 0 Å². The van der Waals surface area contributed by atoms with Gasteiger partial charge in [0.15, 0.2) is 0 Å². The predicted molar refractivity (Wildman–Crippen MR) is 104 cm³/mol. The van der Waals surface area contributed by atoms with Crippen LogP contribution in [0.25, 0.3) is 16.8 Å². The number of rotatable bonds is 5. The lowest BCUT2D eigenvalue weighted by Crippen LogP contribution is -2.28. The highest BCUT2D eigenvalue weighted by Gasteiger charge is 2.16. The molecule has 3 rings (SSSR count). The number of nitrogens with one attached hydrogen (secondary N) is 1. The topological polar surface area (TPSA) is 64.6 Å². The summed E-state index contributed by atoms with van der Waals surface area (Å²) in [6.45, 7) is 0. The predicted octanol–water partition coefficient (Wildman–Crippen LogP) is 3.79. The van der Waals surface area contributed by atoms with Crippen molar-refractivity contribution in [3.63, 3.8) is 0 Å². The average Bonchev–Trinajstić information content (AvgIpc) is 2.72. The van der Waals surface area contributed by atoms with E-state index in [4.69, 9.17) is 9.47 Å². The molecule has 0 saturated heterocycles. The molecule has 0 fully saturated rings. The van der Waals surface area contributed by atoms with Crippen LogP contribution in [0.1, 0.15) is 15.9 Å². The maximum atomic E-state index is 12.8. The largest absolute Gasteiger partial charge is 0.497 e. The maximum Gasteiger partial charge on any atom is 0.354 e. The highest BCUT2D eigenvalue weighted by Crippen LogP contribution is 2.19. The lowest BCUT2D eigenvalue weighted by Gasteiger charge is -2.10. The van der Waals surface area contributed by atoms with Crippen molar-refractivity contribution in [3.05, 3.63) is 83.6 Å². The zero-order valence-electron chi connectivity index (χ0n) is 15.1. The minimum atomic E-state index is -0.626. The van der Waals surface area contributed by atoms with E-state index in [-0.39, 0.29) is 11.6 Å². The molecule has 0 saturated carbocycles. The first-order chi connectivity index (χ1) is 13.1. The summed E-state index contributed by atoms with van der Waals surface area (Å²) in [4.78, 5) is 24.9. The normalized spacial score (nSPS) is 11.1. The van der Waals surface area contributed by atoms with Crippen LogP contribution in [0.5, 0.6) is 5.75 Å². The van der Waals surface area contributed by atoms with Gasteiger partial charge in [0.05, 0.1) is 14.2 Å². The molecule has 0 unspecified atom stereocenters. The number of carbonyl (C=O) groups is 2. The van der Waals surface area contributed by atoms with E-state index in [1.807, 2.05) is 36.4 Å². The molecule has 0 atom stereocenters. The summed E-state index contributed by atoms with van der Waals surface area (Å²) in [7, 11) is 2.85. The van der Waals surface area contributed by atoms with E-state index in [1.165, 1.54) is 7.11 Å². The molecule has 0 bridgehead atoms. The molecule has 1 N–H and O–H groups in total. The number of benzene rings is 3. The molecule has 0 aliphatic carbocycles. The Labute approximate surface area is 157 Å². The van der Waals surface area contributed by atoms with Gasteiger partial charge in [-0.15, -0.1) is 0 Å². The second-order valence-corrected chi connectivity index (χ2v) is 5.80. The van der Waals surface area contributed by atoms with Crippen LogP contribution < -0.4 is 10.1 Å². The first kappa shape index (κ1) is 18.2. The van der Waals surface area contributed by atoms with Gasteiger partial charge in [-0.25, -0.2) is 4.79 Å². The second-order valence-electron chi connectivity index (χ2n) is 5.80. The Morgan fingerprint density at radius 1 is 0.889 bits per heavy atom. The fourth-order valence-electron chi connectivity index (χ4n) is 2.74. The molecule has 27 heavy (non-hydrogen) atoms. The molecule has 0 radical (unpaired) electrons. The number of esters is 1. The standard InChI is InChI=1S/C22H19NO4/c1-26-17-12-10-15(11-13-17)14-20(22(25)27-2)23-21(24)19-9-5-7-16-6-3-4-8-18(16)19/h3-14H,1-2H3,(H,23,24)/b20-14+. The van der Waals surface area contributed by atoms with Crippen LogP contribution in [0.2, 0.25) is 0 Å². The summed E-state index contributed by atoms with van der Waals surface area (Å²) in [6.07, 6.45) is 1.56. The van der Waals surface area contributed by atoms with Crippen LogP contribution in [0.4, 0.5) is 0 Å². The van der Waals surface area contributed by atoms with Crippen molar-refractivity contribution >= 4 is 28.7 Å². The minimum absolute atomic E-state index is 0.0561. The fraction of sp³-hybridized carbons (Fsp3) is 0.0909. The highest BCUT2D eigenvalue weighted by molar-refractivity contribution is 6.10. The molecular weight excluding hydrogens is 342 g/mol. The van der Waals surface area contributed by atoms with Gasteiger partial charge in [0.25, 0.3) is 5.91 Å². The Morgan fingerprint density at radius 3 is 2.30 bits per heavy atom. The third kappa shape index (κ3) is 4.15. The molecule has 3 aromatic carbocycles. The Kier molecular flexibility index (Phi) is 5.52. The van der Waals surface area contributed by atoms with E-state index >= 15 is 0 Å². The Balaban J connectivity index is 1.93. The molecule has 3 aromatic rings. The van der Waals surface area contributed by atoms with E-state index in [1.54, 1.807) is 43.5 Å². The van der Waals surface area contributed by atoms with Gasteiger partial charge >= 0.3 is 5.97 Å². The summed E-state index contributed by atoms with van der Waals surface area (Å²) in [6, 6.07) is 20.2. The van der Waals surface area contributed by atoms with Gasteiger partial charge < -0.3 is 14.8 Å². The Bertz CT molecular complexity index is 1000. The smallest absolute Gasteiger partial charge is 0.354 e. The summed E-state index contributed by atoms with van der Waals surface area (Å²) in [5.41, 5.74) is 1.27. The fourth-order valence-corrected chi connectivity index (χ4v) is 2.74. The van der Waals surface area contributed by atoms with E-state index in [2.05, 4.69) is 5.32 Å². The van der Waals surface area contributed by atoms with Gasteiger partial charge in [0.1, 0.15) is 11.4 Å². The van der Waals surface area contributed by atoms with E-state index in [0.29, 0.717) is 11.3 Å².